The zero-order valence-corrected chi connectivity index (χ0v) is 19.5. The Morgan fingerprint density at radius 2 is 2.21 bits per heavy atom. The van der Waals surface area contributed by atoms with Gasteiger partial charge < -0.3 is 24.6 Å². The van der Waals surface area contributed by atoms with Crippen LogP contribution in [0.5, 0.6) is 0 Å². The van der Waals surface area contributed by atoms with Crippen molar-refractivity contribution < 1.29 is 14.0 Å². The quantitative estimate of drug-likeness (QED) is 0.221. The number of rotatable bonds is 9. The highest BCUT2D eigenvalue weighted by Gasteiger charge is 2.15. The van der Waals surface area contributed by atoms with E-state index in [0.717, 1.165) is 37.5 Å². The lowest BCUT2D eigenvalue weighted by atomic mass is 10.2. The number of aliphatic imine (C=N–C) groups is 1. The second-order valence-electron chi connectivity index (χ2n) is 6.41. The van der Waals surface area contributed by atoms with Crippen LogP contribution >= 0.6 is 35.6 Å². The van der Waals surface area contributed by atoms with E-state index in [2.05, 4.69) is 25.8 Å². The second-order valence-corrected chi connectivity index (χ2v) is 6.84. The van der Waals surface area contributed by atoms with Crippen LogP contribution in [0, 0.1) is 0 Å². The number of hydrogen-bond donors (Lipinski definition) is 2. The highest BCUT2D eigenvalue weighted by atomic mass is 127. The third kappa shape index (κ3) is 8.07. The summed E-state index contributed by atoms with van der Waals surface area (Å²) in [6, 6.07) is 7.37. The molecule has 10 heteroatoms. The van der Waals surface area contributed by atoms with Gasteiger partial charge in [0.15, 0.2) is 5.96 Å². The van der Waals surface area contributed by atoms with E-state index < -0.39 is 0 Å². The molecule has 1 saturated heterocycles. The van der Waals surface area contributed by atoms with Crippen molar-refractivity contribution in [2.24, 2.45) is 4.99 Å². The first-order valence-electron chi connectivity index (χ1n) is 9.47. The van der Waals surface area contributed by atoms with Gasteiger partial charge in [0.1, 0.15) is 0 Å². The van der Waals surface area contributed by atoms with Crippen LogP contribution in [0.1, 0.15) is 18.7 Å². The first-order valence-corrected chi connectivity index (χ1v) is 9.85. The van der Waals surface area contributed by atoms with Gasteiger partial charge in [-0.3, -0.25) is 4.99 Å². The number of ether oxygens (including phenoxy) is 2. The van der Waals surface area contributed by atoms with Crippen LogP contribution in [-0.4, -0.2) is 62.2 Å². The molecule has 1 unspecified atom stereocenters. The number of aromatic nitrogens is 2. The molecule has 29 heavy (non-hydrogen) atoms. The summed E-state index contributed by atoms with van der Waals surface area (Å²) in [5.41, 5.74) is 0.833. The molecule has 0 spiro atoms. The van der Waals surface area contributed by atoms with E-state index in [-0.39, 0.29) is 30.1 Å². The zero-order chi connectivity index (χ0) is 19.6. The van der Waals surface area contributed by atoms with Crippen molar-refractivity contribution in [3.05, 3.63) is 35.2 Å². The molecular formula is C19H27ClIN5O3. The summed E-state index contributed by atoms with van der Waals surface area (Å²) >= 11 is 6.00. The molecule has 3 rings (SSSR count). The van der Waals surface area contributed by atoms with Crippen LogP contribution in [0.15, 0.2) is 33.8 Å². The largest absolute Gasteiger partial charge is 0.379 e. The molecule has 0 saturated carbocycles. The lowest BCUT2D eigenvalue weighted by Crippen LogP contribution is -2.39. The summed E-state index contributed by atoms with van der Waals surface area (Å²) in [5, 5.41) is 11.1. The average molecular weight is 536 g/mol. The molecule has 2 aromatic rings. The Bertz CT molecular complexity index is 768. The molecule has 0 radical (unpaired) electrons. The molecule has 0 bridgehead atoms. The molecule has 1 aromatic carbocycles. The van der Waals surface area contributed by atoms with Crippen molar-refractivity contribution in [1.82, 2.24) is 20.8 Å². The fraction of sp³-hybridized carbons (Fsp3) is 0.526. The maximum atomic E-state index is 6.00. The monoisotopic (exact) mass is 535 g/mol. The van der Waals surface area contributed by atoms with Gasteiger partial charge in [-0.15, -0.1) is 24.0 Å². The van der Waals surface area contributed by atoms with Crippen LogP contribution < -0.4 is 10.6 Å². The van der Waals surface area contributed by atoms with Gasteiger partial charge in [-0.1, -0.05) is 28.9 Å². The molecule has 1 aliphatic rings. The summed E-state index contributed by atoms with van der Waals surface area (Å²) in [5.74, 6) is 1.83. The smallest absolute Gasteiger partial charge is 0.228 e. The number of benzene rings is 1. The maximum absolute atomic E-state index is 6.00. The standard InChI is InChI=1S/C19H26ClN5O3.HI/c1-21-19(22-8-3-10-27-16-7-11-26-13-16)23-9-6-17-24-18(25-28-17)14-4-2-5-15(20)12-14;/h2,4-5,12,16H,3,6-11,13H2,1H3,(H2,21,22,23);1H. The predicted octanol–water partition coefficient (Wildman–Crippen LogP) is 2.91. The fourth-order valence-corrected chi connectivity index (χ4v) is 2.97. The number of halogens is 2. The van der Waals surface area contributed by atoms with Crippen LogP contribution in [-0.2, 0) is 15.9 Å². The fourth-order valence-electron chi connectivity index (χ4n) is 2.78. The normalized spacial score (nSPS) is 16.5. The topological polar surface area (TPSA) is 93.8 Å². The maximum Gasteiger partial charge on any atom is 0.228 e. The Hall–Kier alpha value is -1.43. The van der Waals surface area contributed by atoms with E-state index in [4.69, 9.17) is 25.6 Å². The van der Waals surface area contributed by atoms with Crippen LogP contribution in [0.4, 0.5) is 0 Å². The molecule has 2 heterocycles. The van der Waals surface area contributed by atoms with E-state index in [1.165, 1.54) is 0 Å². The molecule has 0 amide bonds. The molecule has 1 fully saturated rings. The number of nitrogens with zero attached hydrogens (tertiary/aromatic N) is 3. The van der Waals surface area contributed by atoms with Crippen molar-refractivity contribution >= 4 is 41.5 Å². The van der Waals surface area contributed by atoms with Gasteiger partial charge in [-0.25, -0.2) is 0 Å². The SMILES string of the molecule is CN=C(NCCCOC1CCOC1)NCCc1nc(-c2cccc(Cl)c2)no1.I. The minimum Gasteiger partial charge on any atom is -0.379 e. The van der Waals surface area contributed by atoms with Gasteiger partial charge in [0, 0.05) is 50.4 Å². The Morgan fingerprint density at radius 3 is 2.97 bits per heavy atom. The highest BCUT2D eigenvalue weighted by molar-refractivity contribution is 14.0. The van der Waals surface area contributed by atoms with Gasteiger partial charge in [-0.2, -0.15) is 4.98 Å². The van der Waals surface area contributed by atoms with E-state index in [1.807, 2.05) is 24.3 Å². The summed E-state index contributed by atoms with van der Waals surface area (Å²) in [7, 11) is 1.74. The van der Waals surface area contributed by atoms with Crippen molar-refractivity contribution in [3.8, 4) is 11.4 Å². The molecule has 2 N–H and O–H groups in total. The van der Waals surface area contributed by atoms with E-state index in [1.54, 1.807) is 7.05 Å². The Labute approximate surface area is 192 Å². The Morgan fingerprint density at radius 1 is 1.34 bits per heavy atom. The van der Waals surface area contributed by atoms with Crippen molar-refractivity contribution in [2.45, 2.75) is 25.4 Å². The van der Waals surface area contributed by atoms with Crippen molar-refractivity contribution in [2.75, 3.05) is 40.0 Å². The van der Waals surface area contributed by atoms with Gasteiger partial charge in [-0.05, 0) is 25.0 Å². The van der Waals surface area contributed by atoms with Gasteiger partial charge in [0.05, 0.1) is 12.7 Å². The molecular weight excluding hydrogens is 509 g/mol. The van der Waals surface area contributed by atoms with Gasteiger partial charge >= 0.3 is 0 Å². The molecule has 0 aliphatic carbocycles. The van der Waals surface area contributed by atoms with Crippen LogP contribution in [0.2, 0.25) is 5.02 Å². The predicted molar refractivity (Wildman–Crippen MR) is 123 cm³/mol. The van der Waals surface area contributed by atoms with Gasteiger partial charge in [0.25, 0.3) is 0 Å². The molecule has 1 aliphatic heterocycles. The lowest BCUT2D eigenvalue weighted by Gasteiger charge is -2.12. The summed E-state index contributed by atoms with van der Waals surface area (Å²) in [6.45, 7) is 3.65. The number of guanidine groups is 1. The van der Waals surface area contributed by atoms with E-state index in [0.29, 0.717) is 42.9 Å². The minimum atomic E-state index is 0. The van der Waals surface area contributed by atoms with Crippen molar-refractivity contribution in [3.63, 3.8) is 0 Å². The minimum absolute atomic E-state index is 0. The lowest BCUT2D eigenvalue weighted by molar-refractivity contribution is 0.0420. The third-order valence-electron chi connectivity index (χ3n) is 4.26. The van der Waals surface area contributed by atoms with Crippen LogP contribution in [0.3, 0.4) is 0 Å². The summed E-state index contributed by atoms with van der Waals surface area (Å²) < 4.78 is 16.3. The molecule has 1 aromatic heterocycles. The third-order valence-corrected chi connectivity index (χ3v) is 4.50. The van der Waals surface area contributed by atoms with E-state index >= 15 is 0 Å². The van der Waals surface area contributed by atoms with E-state index in [9.17, 15) is 0 Å². The Balaban J connectivity index is 0.00000300. The summed E-state index contributed by atoms with van der Waals surface area (Å²) in [4.78, 5) is 8.61. The highest BCUT2D eigenvalue weighted by Crippen LogP contribution is 2.19. The number of nitrogens with one attached hydrogen (secondary N) is 2. The molecule has 160 valence electrons. The molecule has 8 nitrogen and oxygen atoms in total. The summed E-state index contributed by atoms with van der Waals surface area (Å²) in [6.07, 6.45) is 2.75. The van der Waals surface area contributed by atoms with Crippen LogP contribution in [0.25, 0.3) is 11.4 Å². The zero-order valence-electron chi connectivity index (χ0n) is 16.4. The van der Waals surface area contributed by atoms with Gasteiger partial charge in [0.2, 0.25) is 11.7 Å². The first-order chi connectivity index (χ1) is 13.7. The van der Waals surface area contributed by atoms with Crippen molar-refractivity contribution in [1.29, 1.82) is 0 Å². The average Bonchev–Trinajstić information content (AvgIpc) is 3.38. The second kappa shape index (κ2) is 13.0. The Kier molecular flexibility index (Phi) is 10.7. The number of hydrogen-bond acceptors (Lipinski definition) is 6. The molecule has 1 atom stereocenters. The first kappa shape index (κ1) is 23.8.